The summed E-state index contributed by atoms with van der Waals surface area (Å²) in [7, 11) is 1.90. The van der Waals surface area contributed by atoms with Crippen molar-refractivity contribution in [3.63, 3.8) is 0 Å². The Morgan fingerprint density at radius 3 is 2.70 bits per heavy atom. The van der Waals surface area contributed by atoms with E-state index in [1.807, 2.05) is 25.2 Å². The van der Waals surface area contributed by atoms with Gasteiger partial charge < -0.3 is 5.32 Å². The van der Waals surface area contributed by atoms with Crippen LogP contribution in [-0.4, -0.2) is 21.3 Å². The third kappa shape index (κ3) is 3.72. The first-order chi connectivity index (χ1) is 9.61. The van der Waals surface area contributed by atoms with Crippen LogP contribution in [0.4, 0.5) is 0 Å². The van der Waals surface area contributed by atoms with E-state index >= 15 is 0 Å². The van der Waals surface area contributed by atoms with Crippen molar-refractivity contribution in [2.45, 2.75) is 25.8 Å². The van der Waals surface area contributed by atoms with Gasteiger partial charge in [0.15, 0.2) is 0 Å². The lowest BCUT2D eigenvalue weighted by Gasteiger charge is -2.19. The zero-order valence-corrected chi connectivity index (χ0v) is 13.1. The molecule has 0 aliphatic heterocycles. The molecule has 108 valence electrons. The maximum atomic E-state index is 6.11. The van der Waals surface area contributed by atoms with Gasteiger partial charge in [-0.25, -0.2) is 4.98 Å². The number of aryl methyl sites for hydroxylation is 1. The summed E-state index contributed by atoms with van der Waals surface area (Å²) in [5, 5.41) is 8.77. The molecule has 0 spiro atoms. The fourth-order valence-electron chi connectivity index (χ4n) is 2.04. The molecular weight excluding hydrogens is 295 g/mol. The molecule has 0 aliphatic carbocycles. The number of halogens is 2. The first-order valence-corrected chi connectivity index (χ1v) is 7.38. The Morgan fingerprint density at radius 1 is 1.30 bits per heavy atom. The van der Waals surface area contributed by atoms with E-state index < -0.39 is 0 Å². The summed E-state index contributed by atoms with van der Waals surface area (Å²) in [5.41, 5.74) is 1.11. The molecule has 20 heavy (non-hydrogen) atoms. The third-order valence-electron chi connectivity index (χ3n) is 3.18. The van der Waals surface area contributed by atoms with Gasteiger partial charge >= 0.3 is 0 Å². The van der Waals surface area contributed by atoms with Crippen molar-refractivity contribution in [3.05, 3.63) is 46.0 Å². The average Bonchev–Trinajstić information content (AvgIpc) is 2.83. The second kappa shape index (κ2) is 7.07. The molecule has 0 bridgehead atoms. The first-order valence-electron chi connectivity index (χ1n) is 6.63. The van der Waals surface area contributed by atoms with Gasteiger partial charge in [-0.15, -0.1) is 0 Å². The van der Waals surface area contributed by atoms with Crippen molar-refractivity contribution < 1.29 is 0 Å². The molecule has 1 heterocycles. The van der Waals surface area contributed by atoms with Crippen LogP contribution in [0.25, 0.3) is 0 Å². The van der Waals surface area contributed by atoms with E-state index in [1.54, 1.807) is 11.0 Å². The van der Waals surface area contributed by atoms with Crippen LogP contribution in [0.3, 0.4) is 0 Å². The normalized spacial score (nSPS) is 12.6. The topological polar surface area (TPSA) is 42.7 Å². The lowest BCUT2D eigenvalue weighted by Crippen LogP contribution is -2.25. The van der Waals surface area contributed by atoms with Gasteiger partial charge in [0.25, 0.3) is 0 Å². The molecule has 2 aromatic rings. The van der Waals surface area contributed by atoms with Gasteiger partial charge in [0.05, 0.1) is 10.0 Å². The first kappa shape index (κ1) is 15.3. The van der Waals surface area contributed by atoms with Crippen LogP contribution in [0, 0.1) is 0 Å². The van der Waals surface area contributed by atoms with Crippen molar-refractivity contribution in [1.82, 2.24) is 20.1 Å². The summed E-state index contributed by atoms with van der Waals surface area (Å²) < 4.78 is 1.79. The van der Waals surface area contributed by atoms with E-state index in [-0.39, 0.29) is 6.04 Å². The summed E-state index contributed by atoms with van der Waals surface area (Å²) in [4.78, 5) is 4.28. The van der Waals surface area contributed by atoms with Crippen molar-refractivity contribution in [2.75, 3.05) is 6.54 Å². The molecule has 1 atom stereocenters. The molecule has 4 nitrogen and oxygen atoms in total. The van der Waals surface area contributed by atoms with Crippen LogP contribution in [0.2, 0.25) is 10.0 Å². The van der Waals surface area contributed by atoms with E-state index in [0.29, 0.717) is 10.0 Å². The number of aromatic nitrogens is 3. The zero-order chi connectivity index (χ0) is 14.5. The second-order valence-corrected chi connectivity index (χ2v) is 5.50. The minimum atomic E-state index is 0.146. The van der Waals surface area contributed by atoms with Gasteiger partial charge in [0.2, 0.25) is 0 Å². The summed E-state index contributed by atoms with van der Waals surface area (Å²) in [6, 6.07) is 5.88. The van der Waals surface area contributed by atoms with Gasteiger partial charge in [0, 0.05) is 19.5 Å². The van der Waals surface area contributed by atoms with Crippen LogP contribution < -0.4 is 5.32 Å². The highest BCUT2D eigenvalue weighted by Crippen LogP contribution is 2.27. The summed E-state index contributed by atoms with van der Waals surface area (Å²) >= 11 is 12.1. The van der Waals surface area contributed by atoms with E-state index in [0.717, 1.165) is 30.8 Å². The molecule has 0 amide bonds. The third-order valence-corrected chi connectivity index (χ3v) is 3.92. The van der Waals surface area contributed by atoms with Crippen molar-refractivity contribution in [1.29, 1.82) is 0 Å². The quantitative estimate of drug-likeness (QED) is 0.889. The SMILES string of the molecule is CCCNC(Cc1ncnn1C)c1ccc(Cl)c(Cl)c1. The van der Waals surface area contributed by atoms with Crippen LogP contribution in [-0.2, 0) is 13.5 Å². The Balaban J connectivity index is 2.22. The maximum Gasteiger partial charge on any atom is 0.138 e. The Morgan fingerprint density at radius 2 is 2.10 bits per heavy atom. The van der Waals surface area contributed by atoms with Crippen LogP contribution in [0.1, 0.15) is 30.8 Å². The lowest BCUT2D eigenvalue weighted by atomic mass is 10.0. The molecule has 0 saturated carbocycles. The molecule has 1 unspecified atom stereocenters. The second-order valence-electron chi connectivity index (χ2n) is 4.68. The summed E-state index contributed by atoms with van der Waals surface area (Å²) in [5.74, 6) is 0.935. The van der Waals surface area contributed by atoms with E-state index in [1.165, 1.54) is 0 Å². The van der Waals surface area contributed by atoms with Crippen LogP contribution in [0.15, 0.2) is 24.5 Å². The largest absolute Gasteiger partial charge is 0.310 e. The molecule has 1 N–H and O–H groups in total. The Hall–Kier alpha value is -1.10. The minimum Gasteiger partial charge on any atom is -0.310 e. The van der Waals surface area contributed by atoms with Gasteiger partial charge in [-0.3, -0.25) is 4.68 Å². The standard InChI is InChI=1S/C14H18Cl2N4/c1-3-6-17-13(8-14-18-9-19-20(14)2)10-4-5-11(15)12(16)7-10/h4-5,7,9,13,17H,3,6,8H2,1-2H3. The molecule has 0 radical (unpaired) electrons. The van der Waals surface area contributed by atoms with E-state index in [2.05, 4.69) is 22.3 Å². The Kier molecular flexibility index (Phi) is 5.40. The fourth-order valence-corrected chi connectivity index (χ4v) is 2.35. The smallest absolute Gasteiger partial charge is 0.138 e. The van der Waals surface area contributed by atoms with Crippen LogP contribution >= 0.6 is 23.2 Å². The molecule has 1 aromatic heterocycles. The molecule has 2 rings (SSSR count). The van der Waals surface area contributed by atoms with Gasteiger partial charge in [0.1, 0.15) is 12.2 Å². The van der Waals surface area contributed by atoms with Gasteiger partial charge in [-0.2, -0.15) is 5.10 Å². The van der Waals surface area contributed by atoms with E-state index in [9.17, 15) is 0 Å². The fraction of sp³-hybridized carbons (Fsp3) is 0.429. The number of nitrogens with zero attached hydrogens (tertiary/aromatic N) is 3. The summed E-state index contributed by atoms with van der Waals surface area (Å²) in [6.45, 7) is 3.07. The Bertz CT molecular complexity index is 568. The zero-order valence-electron chi connectivity index (χ0n) is 11.6. The number of nitrogens with one attached hydrogen (secondary N) is 1. The molecule has 0 fully saturated rings. The highest BCUT2D eigenvalue weighted by atomic mass is 35.5. The predicted molar refractivity (Wildman–Crippen MR) is 82.2 cm³/mol. The molecule has 0 saturated heterocycles. The molecule has 6 heteroatoms. The number of rotatable bonds is 6. The lowest BCUT2D eigenvalue weighted by molar-refractivity contribution is 0.506. The monoisotopic (exact) mass is 312 g/mol. The predicted octanol–water partition coefficient (Wildman–Crippen LogP) is 3.41. The average molecular weight is 313 g/mol. The van der Waals surface area contributed by atoms with Crippen molar-refractivity contribution in [2.24, 2.45) is 7.05 Å². The number of hydrogen-bond donors (Lipinski definition) is 1. The molecule has 0 aliphatic rings. The number of benzene rings is 1. The highest BCUT2D eigenvalue weighted by Gasteiger charge is 2.15. The van der Waals surface area contributed by atoms with Crippen molar-refractivity contribution in [3.8, 4) is 0 Å². The maximum absolute atomic E-state index is 6.11. The van der Waals surface area contributed by atoms with E-state index in [4.69, 9.17) is 23.2 Å². The number of hydrogen-bond acceptors (Lipinski definition) is 3. The van der Waals surface area contributed by atoms with Gasteiger partial charge in [-0.05, 0) is 30.7 Å². The minimum absolute atomic E-state index is 0.146. The Labute approximate surface area is 129 Å². The summed E-state index contributed by atoms with van der Waals surface area (Å²) in [6.07, 6.45) is 3.39. The highest BCUT2D eigenvalue weighted by molar-refractivity contribution is 6.42. The van der Waals surface area contributed by atoms with Crippen molar-refractivity contribution >= 4 is 23.2 Å². The molecule has 1 aromatic carbocycles. The van der Waals surface area contributed by atoms with Crippen LogP contribution in [0.5, 0.6) is 0 Å². The molecular formula is C14H18Cl2N4. The van der Waals surface area contributed by atoms with Gasteiger partial charge in [-0.1, -0.05) is 36.2 Å².